The van der Waals surface area contributed by atoms with Crippen molar-refractivity contribution in [2.24, 2.45) is 5.92 Å². The van der Waals surface area contributed by atoms with Crippen molar-refractivity contribution in [1.82, 2.24) is 5.32 Å². The first-order chi connectivity index (χ1) is 17.1. The van der Waals surface area contributed by atoms with E-state index in [1.54, 1.807) is 0 Å². The highest BCUT2D eigenvalue weighted by molar-refractivity contribution is 6.01. The Morgan fingerprint density at radius 2 is 1.78 bits per heavy atom. The van der Waals surface area contributed by atoms with Crippen molar-refractivity contribution in [1.29, 1.82) is 0 Å². The van der Waals surface area contributed by atoms with Gasteiger partial charge >= 0.3 is 17.9 Å². The van der Waals surface area contributed by atoms with Crippen molar-refractivity contribution in [2.75, 3.05) is 5.32 Å². The minimum atomic E-state index is -1.41. The van der Waals surface area contributed by atoms with E-state index in [4.69, 9.17) is 14.2 Å². The van der Waals surface area contributed by atoms with Gasteiger partial charge in [0.05, 0.1) is 17.2 Å². The molecule has 1 heterocycles. The number of phenols is 1. The molecule has 0 aliphatic carbocycles. The topological polar surface area (TPSA) is 157 Å². The summed E-state index contributed by atoms with van der Waals surface area (Å²) in [6, 6.07) is 2.70. The van der Waals surface area contributed by atoms with E-state index in [0.29, 0.717) is 19.3 Å². The van der Waals surface area contributed by atoms with Crippen LogP contribution >= 0.6 is 0 Å². The number of ether oxygens (including phenoxy) is 3. The number of esters is 3. The summed E-state index contributed by atoms with van der Waals surface area (Å²) >= 11 is 0. The third-order valence-corrected chi connectivity index (χ3v) is 5.94. The number of hydrogen-bond donors (Lipinski definition) is 3. The number of cyclic esters (lactones) is 2. The molecule has 0 spiro atoms. The highest BCUT2D eigenvalue weighted by atomic mass is 16.6. The van der Waals surface area contributed by atoms with Gasteiger partial charge < -0.3 is 30.0 Å². The summed E-state index contributed by atoms with van der Waals surface area (Å²) in [6.45, 7) is 6.20. The first-order valence-corrected chi connectivity index (χ1v) is 12.0. The maximum absolute atomic E-state index is 13.1. The maximum Gasteiger partial charge on any atom is 0.332 e. The van der Waals surface area contributed by atoms with Crippen molar-refractivity contribution in [3.8, 4) is 5.75 Å². The monoisotopic (exact) mass is 506 g/mol. The normalized spacial score (nSPS) is 24.3. The number of unbranched alkanes of at least 4 members (excludes halogenated alkanes) is 3. The standard InChI is InChI=1S/C25H34N2O9/c1-5-6-7-8-10-18-22(36-16(4)29)15(3)35-25(33)20(14(2)34-24(18)32)27-23(31)17-11-9-12-19(21(17)30)26-13-28/h9,11-15,18,20,22,30H,5-8,10H2,1-4H3,(H,26,28)(H,27,31)/t14-,15+,18-,20+,22+/m1/s1. The number of rotatable bonds is 10. The van der Waals surface area contributed by atoms with Crippen molar-refractivity contribution < 1.29 is 43.3 Å². The van der Waals surface area contributed by atoms with Gasteiger partial charge in [0.1, 0.15) is 12.2 Å². The molecule has 3 N–H and O–H groups in total. The van der Waals surface area contributed by atoms with E-state index in [1.807, 2.05) is 0 Å². The highest BCUT2D eigenvalue weighted by Gasteiger charge is 2.43. The zero-order valence-corrected chi connectivity index (χ0v) is 20.9. The Labute approximate surface area is 209 Å². The Morgan fingerprint density at radius 3 is 2.42 bits per heavy atom. The van der Waals surface area contributed by atoms with Crippen LogP contribution < -0.4 is 10.6 Å². The van der Waals surface area contributed by atoms with Crippen molar-refractivity contribution in [3.05, 3.63) is 23.8 Å². The Bertz CT molecular complexity index is 965. The summed E-state index contributed by atoms with van der Waals surface area (Å²) in [5.41, 5.74) is -0.217. The van der Waals surface area contributed by atoms with Gasteiger partial charge in [0, 0.05) is 6.92 Å². The van der Waals surface area contributed by atoms with Gasteiger partial charge in [-0.3, -0.25) is 19.2 Å². The Kier molecular flexibility index (Phi) is 10.7. The Morgan fingerprint density at radius 1 is 1.08 bits per heavy atom. The number of anilines is 1. The number of hydrogen-bond acceptors (Lipinski definition) is 9. The first-order valence-electron chi connectivity index (χ1n) is 12.0. The summed E-state index contributed by atoms with van der Waals surface area (Å²) < 4.78 is 16.4. The van der Waals surface area contributed by atoms with E-state index in [9.17, 15) is 29.1 Å². The number of nitrogens with one attached hydrogen (secondary N) is 2. The molecule has 1 aromatic carbocycles. The van der Waals surface area contributed by atoms with E-state index >= 15 is 0 Å². The van der Waals surface area contributed by atoms with Crippen LogP contribution in [-0.2, 0) is 33.4 Å². The predicted molar refractivity (Wildman–Crippen MR) is 128 cm³/mol. The molecule has 0 bridgehead atoms. The van der Waals surface area contributed by atoms with Crippen LogP contribution in [0.4, 0.5) is 5.69 Å². The summed E-state index contributed by atoms with van der Waals surface area (Å²) in [6.07, 6.45) is 1.06. The second-order valence-corrected chi connectivity index (χ2v) is 8.73. The summed E-state index contributed by atoms with van der Waals surface area (Å²) in [4.78, 5) is 61.5. The van der Waals surface area contributed by atoms with Gasteiger partial charge in [-0.15, -0.1) is 0 Å². The highest BCUT2D eigenvalue weighted by Crippen LogP contribution is 2.28. The fraction of sp³-hybridized carbons (Fsp3) is 0.560. The molecule has 36 heavy (non-hydrogen) atoms. The molecule has 5 atom stereocenters. The average molecular weight is 507 g/mol. The number of amides is 2. The molecule has 2 amide bonds. The number of carbonyl (C=O) groups excluding carboxylic acids is 5. The fourth-order valence-corrected chi connectivity index (χ4v) is 4.06. The van der Waals surface area contributed by atoms with Crippen LogP contribution in [0.25, 0.3) is 0 Å². The van der Waals surface area contributed by atoms with Gasteiger partial charge in [-0.2, -0.15) is 0 Å². The maximum atomic E-state index is 13.1. The molecule has 11 nitrogen and oxygen atoms in total. The van der Waals surface area contributed by atoms with Crippen LogP contribution in [0.3, 0.4) is 0 Å². The van der Waals surface area contributed by atoms with Crippen molar-refractivity contribution >= 4 is 35.9 Å². The van der Waals surface area contributed by atoms with Crippen molar-refractivity contribution in [3.63, 3.8) is 0 Å². The second-order valence-electron chi connectivity index (χ2n) is 8.73. The molecule has 11 heteroatoms. The first kappa shape index (κ1) is 28.6. The Hall–Kier alpha value is -3.63. The molecule has 0 radical (unpaired) electrons. The van der Waals surface area contributed by atoms with Crippen LogP contribution in [0.5, 0.6) is 5.75 Å². The largest absolute Gasteiger partial charge is 0.505 e. The predicted octanol–water partition coefficient (Wildman–Crippen LogP) is 2.45. The number of carbonyl (C=O) groups is 5. The molecule has 0 aromatic heterocycles. The van der Waals surface area contributed by atoms with E-state index in [2.05, 4.69) is 17.6 Å². The van der Waals surface area contributed by atoms with E-state index in [1.165, 1.54) is 39.0 Å². The second kappa shape index (κ2) is 13.5. The van der Waals surface area contributed by atoms with E-state index < -0.39 is 59.8 Å². The van der Waals surface area contributed by atoms with Crippen LogP contribution in [0.2, 0.25) is 0 Å². The van der Waals surface area contributed by atoms with Gasteiger partial charge in [-0.1, -0.05) is 38.7 Å². The summed E-state index contributed by atoms with van der Waals surface area (Å²) in [5.74, 6) is -4.42. The lowest BCUT2D eigenvalue weighted by molar-refractivity contribution is -0.173. The smallest absolute Gasteiger partial charge is 0.332 e. The van der Waals surface area contributed by atoms with Gasteiger partial charge in [-0.05, 0) is 32.4 Å². The molecule has 2 rings (SSSR count). The van der Waals surface area contributed by atoms with E-state index in [-0.39, 0.29) is 11.3 Å². The van der Waals surface area contributed by atoms with Gasteiger partial charge in [0.15, 0.2) is 17.9 Å². The Balaban J connectivity index is 2.31. The molecule has 1 aliphatic rings. The summed E-state index contributed by atoms with van der Waals surface area (Å²) in [5, 5.41) is 15.0. The number of phenolic OH excluding ortho intramolecular Hbond substituents is 1. The zero-order valence-electron chi connectivity index (χ0n) is 20.9. The van der Waals surface area contributed by atoms with Crippen LogP contribution in [0, 0.1) is 5.92 Å². The van der Waals surface area contributed by atoms with Gasteiger partial charge in [-0.25, -0.2) is 4.79 Å². The van der Waals surface area contributed by atoms with Crippen LogP contribution in [0.15, 0.2) is 18.2 Å². The molecule has 0 unspecified atom stereocenters. The van der Waals surface area contributed by atoms with Crippen LogP contribution in [0.1, 0.15) is 70.2 Å². The third kappa shape index (κ3) is 7.43. The number of para-hydroxylation sites is 1. The summed E-state index contributed by atoms with van der Waals surface area (Å²) in [7, 11) is 0. The lowest BCUT2D eigenvalue weighted by Crippen LogP contribution is -2.50. The molecule has 198 valence electrons. The number of benzene rings is 1. The van der Waals surface area contributed by atoms with Gasteiger partial charge in [0.25, 0.3) is 5.91 Å². The molecule has 1 saturated heterocycles. The SMILES string of the molecule is CCCCCC[C@H]1C(=O)O[C@H](C)[C@H](NC(=O)c2cccc(NC=O)c2O)C(=O)O[C@@H](C)[C@@H]1OC(C)=O. The number of aromatic hydroxyl groups is 1. The molecule has 0 saturated carbocycles. The minimum absolute atomic E-state index is 0.00192. The van der Waals surface area contributed by atoms with Crippen LogP contribution in [-0.4, -0.2) is 59.7 Å². The van der Waals surface area contributed by atoms with Crippen molar-refractivity contribution in [2.45, 2.75) is 84.2 Å². The average Bonchev–Trinajstić information content (AvgIpc) is 2.84. The quantitative estimate of drug-likeness (QED) is 0.142. The molecular formula is C25H34N2O9. The molecule has 1 fully saturated rings. The molecule has 1 aliphatic heterocycles. The molecule has 1 aromatic rings. The fourth-order valence-electron chi connectivity index (χ4n) is 4.06. The third-order valence-electron chi connectivity index (χ3n) is 5.94. The van der Waals surface area contributed by atoms with Gasteiger partial charge in [0.2, 0.25) is 6.41 Å². The zero-order chi connectivity index (χ0) is 26.8. The lowest BCUT2D eigenvalue weighted by atomic mass is 9.92. The lowest BCUT2D eigenvalue weighted by Gasteiger charge is -2.28. The van der Waals surface area contributed by atoms with E-state index in [0.717, 1.165) is 19.3 Å². The minimum Gasteiger partial charge on any atom is -0.505 e. The molecular weight excluding hydrogens is 472 g/mol.